The van der Waals surface area contributed by atoms with Crippen molar-refractivity contribution in [2.45, 2.75) is 11.7 Å². The molecule has 1 aromatic heterocycles. The number of anilines is 2. The third kappa shape index (κ3) is 4.10. The van der Waals surface area contributed by atoms with Gasteiger partial charge in [0.05, 0.1) is 10.7 Å². The zero-order chi connectivity index (χ0) is 17.9. The van der Waals surface area contributed by atoms with Gasteiger partial charge in [-0.2, -0.15) is 0 Å². The maximum absolute atomic E-state index is 11.4. The first-order valence-electron chi connectivity index (χ1n) is 7.14. The van der Waals surface area contributed by atoms with Crippen molar-refractivity contribution in [2.75, 3.05) is 37.2 Å². The number of carbonyl (C=O) groups is 1. The molecule has 1 heterocycles. The molecule has 0 aliphatic heterocycles. The highest BCUT2D eigenvalue weighted by atomic mass is 35.5. The molecule has 6 nitrogen and oxygen atoms in total. The second-order valence-corrected chi connectivity index (χ2v) is 6.62. The van der Waals surface area contributed by atoms with Gasteiger partial charge in [0.15, 0.2) is 5.16 Å². The molecule has 24 heavy (non-hydrogen) atoms. The monoisotopic (exact) mass is 366 g/mol. The van der Waals surface area contributed by atoms with E-state index in [9.17, 15) is 9.90 Å². The van der Waals surface area contributed by atoms with Crippen LogP contribution < -0.4 is 9.80 Å². The molecule has 128 valence electrons. The lowest BCUT2D eigenvalue weighted by Crippen LogP contribution is -2.21. The van der Waals surface area contributed by atoms with Crippen molar-refractivity contribution in [1.82, 2.24) is 9.97 Å². The van der Waals surface area contributed by atoms with Crippen LogP contribution in [-0.4, -0.2) is 48.4 Å². The molecule has 2 aromatic rings. The highest BCUT2D eigenvalue weighted by Crippen LogP contribution is 2.27. The Balaban J connectivity index is 2.31. The van der Waals surface area contributed by atoms with Crippen molar-refractivity contribution in [2.24, 2.45) is 0 Å². The van der Waals surface area contributed by atoms with Crippen molar-refractivity contribution < 1.29 is 9.90 Å². The number of halogens is 1. The number of nitrogens with zero attached hydrogens (tertiary/aromatic N) is 4. The molecule has 0 bridgehead atoms. The third-order valence-corrected chi connectivity index (χ3v) is 4.30. The van der Waals surface area contributed by atoms with E-state index in [2.05, 4.69) is 9.97 Å². The first-order chi connectivity index (χ1) is 11.3. The number of benzene rings is 1. The van der Waals surface area contributed by atoms with E-state index in [1.165, 1.54) is 18.0 Å². The summed E-state index contributed by atoms with van der Waals surface area (Å²) < 4.78 is 0. The Morgan fingerprint density at radius 3 is 2.58 bits per heavy atom. The fourth-order valence-electron chi connectivity index (χ4n) is 2.26. The van der Waals surface area contributed by atoms with Gasteiger partial charge in [-0.05, 0) is 24.0 Å². The van der Waals surface area contributed by atoms with Crippen LogP contribution in [-0.2, 0) is 6.54 Å². The number of aromatic carboxylic acids is 1. The molecule has 0 aliphatic rings. The van der Waals surface area contributed by atoms with Crippen molar-refractivity contribution in [3.05, 3.63) is 40.5 Å². The van der Waals surface area contributed by atoms with Crippen LogP contribution in [0.15, 0.2) is 29.6 Å². The van der Waals surface area contributed by atoms with Crippen LogP contribution in [0.25, 0.3) is 0 Å². The Morgan fingerprint density at radius 1 is 1.33 bits per heavy atom. The Labute approximate surface area is 150 Å². The summed E-state index contributed by atoms with van der Waals surface area (Å²) in [6.45, 7) is 0.485. The number of aromatic nitrogens is 2. The molecule has 1 N–H and O–H groups in total. The van der Waals surface area contributed by atoms with Gasteiger partial charge in [-0.3, -0.25) is 0 Å². The van der Waals surface area contributed by atoms with Gasteiger partial charge in [-0.1, -0.05) is 29.4 Å². The number of hydrogen-bond acceptors (Lipinski definition) is 6. The quantitative estimate of drug-likeness (QED) is 0.621. The minimum absolute atomic E-state index is 0.0753. The molecular weight excluding hydrogens is 348 g/mol. The molecule has 0 amide bonds. The zero-order valence-corrected chi connectivity index (χ0v) is 15.5. The van der Waals surface area contributed by atoms with Crippen LogP contribution >= 0.6 is 23.4 Å². The fourth-order valence-corrected chi connectivity index (χ4v) is 2.97. The molecule has 0 radical (unpaired) electrons. The van der Waals surface area contributed by atoms with E-state index in [1.54, 1.807) is 11.9 Å². The molecule has 0 saturated carbocycles. The molecule has 1 aromatic carbocycles. The second-order valence-electron chi connectivity index (χ2n) is 5.44. The number of rotatable bonds is 6. The molecule has 8 heteroatoms. The smallest absolute Gasteiger partial charge is 0.341 e. The van der Waals surface area contributed by atoms with Gasteiger partial charge in [0.25, 0.3) is 0 Å². The Hall–Kier alpha value is -1.99. The minimum atomic E-state index is -1.05. The average Bonchev–Trinajstić information content (AvgIpc) is 2.53. The summed E-state index contributed by atoms with van der Waals surface area (Å²) in [6, 6.07) is 5.79. The van der Waals surface area contributed by atoms with Gasteiger partial charge in [0, 0.05) is 33.9 Å². The van der Waals surface area contributed by atoms with Crippen LogP contribution in [0.3, 0.4) is 0 Å². The summed E-state index contributed by atoms with van der Waals surface area (Å²) in [5, 5.41) is 10.5. The Bertz CT molecular complexity index is 755. The highest BCUT2D eigenvalue weighted by Gasteiger charge is 2.17. The van der Waals surface area contributed by atoms with E-state index in [4.69, 9.17) is 11.6 Å². The molecule has 0 spiro atoms. The van der Waals surface area contributed by atoms with Crippen molar-refractivity contribution in [3.63, 3.8) is 0 Å². The predicted octanol–water partition coefficient (Wildman–Crippen LogP) is 3.25. The lowest BCUT2D eigenvalue weighted by molar-refractivity contribution is 0.0696. The van der Waals surface area contributed by atoms with Crippen LogP contribution in [0.4, 0.5) is 11.5 Å². The number of carboxylic acids is 1. The Morgan fingerprint density at radius 2 is 2.04 bits per heavy atom. The van der Waals surface area contributed by atoms with Gasteiger partial charge in [-0.25, -0.2) is 14.8 Å². The largest absolute Gasteiger partial charge is 0.477 e. The SMILES string of the molecule is CSc1ncc(C(=O)O)c(N(C)Cc2ccc(N(C)C)c(Cl)c2)n1. The van der Waals surface area contributed by atoms with Gasteiger partial charge in [0.1, 0.15) is 11.4 Å². The number of thioether (sulfide) groups is 1. The van der Waals surface area contributed by atoms with Crippen LogP contribution in [0.1, 0.15) is 15.9 Å². The normalized spacial score (nSPS) is 10.5. The Kier molecular flexibility index (Phi) is 5.90. The lowest BCUT2D eigenvalue weighted by atomic mass is 10.2. The molecule has 0 atom stereocenters. The van der Waals surface area contributed by atoms with Gasteiger partial charge < -0.3 is 14.9 Å². The molecule has 2 rings (SSSR count). The topological polar surface area (TPSA) is 69.6 Å². The minimum Gasteiger partial charge on any atom is -0.477 e. The van der Waals surface area contributed by atoms with E-state index >= 15 is 0 Å². The first-order valence-corrected chi connectivity index (χ1v) is 8.75. The molecule has 0 saturated heterocycles. The standard InChI is InChI=1S/C16H19ClN4O2S/c1-20(2)13-6-5-10(7-12(13)17)9-21(3)14-11(15(22)23)8-18-16(19-14)24-4/h5-8H,9H2,1-4H3,(H,22,23). The maximum atomic E-state index is 11.4. The molecule has 0 unspecified atom stereocenters. The maximum Gasteiger partial charge on any atom is 0.341 e. The van der Waals surface area contributed by atoms with Crippen LogP contribution in [0, 0.1) is 0 Å². The number of hydrogen-bond donors (Lipinski definition) is 1. The number of carboxylic acid groups (broad SMARTS) is 1. The van der Waals surface area contributed by atoms with Crippen LogP contribution in [0.5, 0.6) is 0 Å². The van der Waals surface area contributed by atoms with E-state index in [1.807, 2.05) is 43.5 Å². The molecule has 0 fully saturated rings. The van der Waals surface area contributed by atoms with E-state index in [0.29, 0.717) is 22.5 Å². The van der Waals surface area contributed by atoms with E-state index < -0.39 is 5.97 Å². The van der Waals surface area contributed by atoms with Gasteiger partial charge in [-0.15, -0.1) is 0 Å². The summed E-state index contributed by atoms with van der Waals surface area (Å²) in [4.78, 5) is 23.5. The van der Waals surface area contributed by atoms with E-state index in [-0.39, 0.29) is 5.56 Å². The third-order valence-electron chi connectivity index (χ3n) is 3.43. The average molecular weight is 367 g/mol. The summed E-state index contributed by atoms with van der Waals surface area (Å²) in [7, 11) is 5.65. The van der Waals surface area contributed by atoms with Crippen molar-refractivity contribution in [3.8, 4) is 0 Å². The molecular formula is C16H19ClN4O2S. The van der Waals surface area contributed by atoms with Gasteiger partial charge in [0.2, 0.25) is 0 Å². The predicted molar refractivity (Wildman–Crippen MR) is 98.7 cm³/mol. The summed E-state index contributed by atoms with van der Waals surface area (Å²) in [5.74, 6) is -0.667. The second kappa shape index (κ2) is 7.72. The van der Waals surface area contributed by atoms with E-state index in [0.717, 1.165) is 11.3 Å². The summed E-state index contributed by atoms with van der Waals surface area (Å²) in [5.41, 5.74) is 1.97. The van der Waals surface area contributed by atoms with Crippen molar-refractivity contribution in [1.29, 1.82) is 0 Å². The fraction of sp³-hybridized carbons (Fsp3) is 0.312. The lowest BCUT2D eigenvalue weighted by Gasteiger charge is -2.21. The highest BCUT2D eigenvalue weighted by molar-refractivity contribution is 7.98. The zero-order valence-electron chi connectivity index (χ0n) is 13.9. The summed E-state index contributed by atoms with van der Waals surface area (Å²) >= 11 is 7.67. The van der Waals surface area contributed by atoms with Crippen molar-refractivity contribution >= 4 is 40.8 Å². The van der Waals surface area contributed by atoms with Gasteiger partial charge >= 0.3 is 5.97 Å². The summed E-state index contributed by atoms with van der Waals surface area (Å²) in [6.07, 6.45) is 3.19. The van der Waals surface area contributed by atoms with Crippen LogP contribution in [0.2, 0.25) is 5.02 Å². The molecule has 0 aliphatic carbocycles. The first kappa shape index (κ1) is 18.4.